The van der Waals surface area contributed by atoms with E-state index in [0.29, 0.717) is 16.6 Å². The van der Waals surface area contributed by atoms with Crippen LogP contribution in [0.15, 0.2) is 30.5 Å². The van der Waals surface area contributed by atoms with Gasteiger partial charge in [-0.25, -0.2) is 0 Å². The molecule has 0 amide bonds. The van der Waals surface area contributed by atoms with Gasteiger partial charge in [-0.3, -0.25) is 4.68 Å². The van der Waals surface area contributed by atoms with Gasteiger partial charge in [0.2, 0.25) is 0 Å². The lowest BCUT2D eigenvalue weighted by Gasteiger charge is -2.04. The SMILES string of the molecule is CC(C)n1ccc(-c2ccc(C#N)c(Cl)c2)n1. The highest BCUT2D eigenvalue weighted by Gasteiger charge is 2.07. The minimum absolute atomic E-state index is 0.331. The number of nitriles is 1. The van der Waals surface area contributed by atoms with Crippen molar-refractivity contribution in [1.29, 1.82) is 5.26 Å². The summed E-state index contributed by atoms with van der Waals surface area (Å²) >= 11 is 5.99. The van der Waals surface area contributed by atoms with E-state index < -0.39 is 0 Å². The molecule has 0 aliphatic heterocycles. The monoisotopic (exact) mass is 245 g/mol. The Hall–Kier alpha value is -1.79. The summed E-state index contributed by atoms with van der Waals surface area (Å²) in [5.74, 6) is 0. The van der Waals surface area contributed by atoms with Crippen LogP contribution < -0.4 is 0 Å². The lowest BCUT2D eigenvalue weighted by molar-refractivity contribution is 0.534. The molecule has 0 bridgehead atoms. The van der Waals surface area contributed by atoms with Gasteiger partial charge in [-0.2, -0.15) is 10.4 Å². The van der Waals surface area contributed by atoms with E-state index in [1.807, 2.05) is 29.1 Å². The fraction of sp³-hybridized carbons (Fsp3) is 0.231. The third-order valence-electron chi connectivity index (χ3n) is 2.52. The molecule has 2 rings (SSSR count). The van der Waals surface area contributed by atoms with Crippen LogP contribution in [0.5, 0.6) is 0 Å². The molecule has 0 aliphatic rings. The van der Waals surface area contributed by atoms with Crippen molar-refractivity contribution in [3.8, 4) is 17.3 Å². The molecule has 0 fully saturated rings. The Labute approximate surface area is 105 Å². The van der Waals surface area contributed by atoms with Crippen molar-refractivity contribution in [3.63, 3.8) is 0 Å². The van der Waals surface area contributed by atoms with Crippen molar-refractivity contribution in [2.45, 2.75) is 19.9 Å². The number of benzene rings is 1. The highest BCUT2D eigenvalue weighted by molar-refractivity contribution is 6.32. The molecule has 3 nitrogen and oxygen atoms in total. The van der Waals surface area contributed by atoms with Gasteiger partial charge in [0, 0.05) is 17.8 Å². The zero-order chi connectivity index (χ0) is 12.4. The lowest BCUT2D eigenvalue weighted by Crippen LogP contribution is -2.00. The predicted octanol–water partition coefficient (Wildman–Crippen LogP) is 3.66. The number of hydrogen-bond donors (Lipinski definition) is 0. The number of aromatic nitrogens is 2. The van der Waals surface area contributed by atoms with Gasteiger partial charge in [-0.1, -0.05) is 17.7 Å². The molecule has 2 aromatic rings. The normalized spacial score (nSPS) is 10.5. The molecule has 4 heteroatoms. The van der Waals surface area contributed by atoms with Crippen LogP contribution in [0.25, 0.3) is 11.3 Å². The Morgan fingerprint density at radius 2 is 2.12 bits per heavy atom. The number of nitrogens with zero attached hydrogens (tertiary/aromatic N) is 3. The molecule has 0 spiro atoms. The van der Waals surface area contributed by atoms with E-state index in [9.17, 15) is 0 Å². The minimum Gasteiger partial charge on any atom is -0.270 e. The third kappa shape index (κ3) is 2.32. The molecule has 0 saturated carbocycles. The standard InChI is InChI=1S/C13H12ClN3/c1-9(2)17-6-5-13(16-17)10-3-4-11(8-15)12(14)7-10/h3-7,9H,1-2H3. The maximum Gasteiger partial charge on any atom is 0.101 e. The molecule has 1 aromatic carbocycles. The Morgan fingerprint density at radius 1 is 1.35 bits per heavy atom. The third-order valence-corrected chi connectivity index (χ3v) is 2.84. The van der Waals surface area contributed by atoms with Crippen LogP contribution >= 0.6 is 11.6 Å². The second-order valence-electron chi connectivity index (χ2n) is 4.08. The predicted molar refractivity (Wildman–Crippen MR) is 67.8 cm³/mol. The van der Waals surface area contributed by atoms with Gasteiger partial charge < -0.3 is 0 Å². The van der Waals surface area contributed by atoms with E-state index >= 15 is 0 Å². The lowest BCUT2D eigenvalue weighted by atomic mass is 10.1. The molecule has 1 aromatic heterocycles. The van der Waals surface area contributed by atoms with Gasteiger partial charge >= 0.3 is 0 Å². The first kappa shape index (κ1) is 11.7. The van der Waals surface area contributed by atoms with Crippen LogP contribution in [0.1, 0.15) is 25.5 Å². The second kappa shape index (κ2) is 4.60. The molecule has 0 N–H and O–H groups in total. The Balaban J connectivity index is 2.40. The summed E-state index contributed by atoms with van der Waals surface area (Å²) in [7, 11) is 0. The van der Waals surface area contributed by atoms with E-state index in [1.165, 1.54) is 0 Å². The van der Waals surface area contributed by atoms with Gasteiger partial charge in [-0.05, 0) is 32.0 Å². The van der Waals surface area contributed by atoms with Crippen molar-refractivity contribution in [2.24, 2.45) is 0 Å². The average molecular weight is 246 g/mol. The topological polar surface area (TPSA) is 41.6 Å². The van der Waals surface area contributed by atoms with Crippen molar-refractivity contribution >= 4 is 11.6 Å². The number of rotatable bonds is 2. The molecule has 0 radical (unpaired) electrons. The van der Waals surface area contributed by atoms with Crippen LogP contribution in [-0.4, -0.2) is 9.78 Å². The fourth-order valence-corrected chi connectivity index (χ4v) is 1.77. The molecule has 0 aliphatic carbocycles. The fourth-order valence-electron chi connectivity index (χ4n) is 1.54. The summed E-state index contributed by atoms with van der Waals surface area (Å²) in [5.41, 5.74) is 2.28. The van der Waals surface area contributed by atoms with Gasteiger partial charge in [0.15, 0.2) is 0 Å². The van der Waals surface area contributed by atoms with Crippen LogP contribution in [0.3, 0.4) is 0 Å². The number of halogens is 1. The van der Waals surface area contributed by atoms with Crippen molar-refractivity contribution in [1.82, 2.24) is 9.78 Å². The molecule has 0 saturated heterocycles. The van der Waals surface area contributed by atoms with E-state index in [1.54, 1.807) is 12.1 Å². The summed E-state index contributed by atoms with van der Waals surface area (Å²) in [5, 5.41) is 13.7. The first-order valence-corrected chi connectivity index (χ1v) is 5.75. The Bertz CT molecular complexity index is 579. The largest absolute Gasteiger partial charge is 0.270 e. The van der Waals surface area contributed by atoms with Gasteiger partial charge in [0.05, 0.1) is 16.3 Å². The summed E-state index contributed by atoms with van der Waals surface area (Å²) in [6, 6.07) is 9.66. The van der Waals surface area contributed by atoms with Crippen LogP contribution in [-0.2, 0) is 0 Å². The van der Waals surface area contributed by atoms with E-state index in [4.69, 9.17) is 16.9 Å². The van der Waals surface area contributed by atoms with E-state index in [0.717, 1.165) is 11.3 Å². The summed E-state index contributed by atoms with van der Waals surface area (Å²) in [4.78, 5) is 0. The van der Waals surface area contributed by atoms with Crippen LogP contribution in [0, 0.1) is 11.3 Å². The number of hydrogen-bond acceptors (Lipinski definition) is 2. The van der Waals surface area contributed by atoms with Gasteiger partial charge in [-0.15, -0.1) is 0 Å². The highest BCUT2D eigenvalue weighted by Crippen LogP contribution is 2.24. The van der Waals surface area contributed by atoms with Gasteiger partial charge in [0.1, 0.15) is 6.07 Å². The van der Waals surface area contributed by atoms with Crippen LogP contribution in [0.2, 0.25) is 5.02 Å². The average Bonchev–Trinajstić information content (AvgIpc) is 2.78. The van der Waals surface area contributed by atoms with Crippen molar-refractivity contribution in [2.75, 3.05) is 0 Å². The zero-order valence-electron chi connectivity index (χ0n) is 9.68. The zero-order valence-corrected chi connectivity index (χ0v) is 10.4. The molecule has 0 atom stereocenters. The second-order valence-corrected chi connectivity index (χ2v) is 4.49. The Kier molecular flexibility index (Phi) is 3.16. The maximum absolute atomic E-state index is 8.80. The summed E-state index contributed by atoms with van der Waals surface area (Å²) < 4.78 is 1.89. The quantitative estimate of drug-likeness (QED) is 0.810. The first-order chi connectivity index (χ1) is 8.11. The Morgan fingerprint density at radius 3 is 2.65 bits per heavy atom. The molecule has 1 heterocycles. The highest BCUT2D eigenvalue weighted by atomic mass is 35.5. The van der Waals surface area contributed by atoms with Crippen molar-refractivity contribution in [3.05, 3.63) is 41.0 Å². The summed E-state index contributed by atoms with van der Waals surface area (Å²) in [6.07, 6.45) is 1.94. The van der Waals surface area contributed by atoms with Gasteiger partial charge in [0.25, 0.3) is 0 Å². The minimum atomic E-state index is 0.331. The molecular formula is C13H12ClN3. The molecule has 86 valence electrons. The van der Waals surface area contributed by atoms with E-state index in [-0.39, 0.29) is 0 Å². The van der Waals surface area contributed by atoms with Crippen molar-refractivity contribution < 1.29 is 0 Å². The first-order valence-electron chi connectivity index (χ1n) is 5.37. The van der Waals surface area contributed by atoms with Crippen LogP contribution in [0.4, 0.5) is 0 Å². The summed E-state index contributed by atoms with van der Waals surface area (Å²) in [6.45, 7) is 4.14. The molecule has 0 unspecified atom stereocenters. The smallest absolute Gasteiger partial charge is 0.101 e. The molecule has 17 heavy (non-hydrogen) atoms. The molecular weight excluding hydrogens is 234 g/mol. The maximum atomic E-state index is 8.80. The van der Waals surface area contributed by atoms with E-state index in [2.05, 4.69) is 18.9 Å².